The Labute approximate surface area is 128 Å². The maximum Gasteiger partial charge on any atom is 0.246 e. The summed E-state index contributed by atoms with van der Waals surface area (Å²) in [5, 5.41) is 0. The van der Waals surface area contributed by atoms with E-state index in [1.54, 1.807) is 4.31 Å². The lowest BCUT2D eigenvalue weighted by molar-refractivity contribution is 0.279. The predicted molar refractivity (Wildman–Crippen MR) is 82.7 cm³/mol. The standard InChI is InChI=1S/C13H20BrN3O2S/c1-3-13(4-2)5-6-17(9-13)20(18,19)11-7-10(14)8-16-12(11)15/h7-8H,3-6,9H2,1-2H3,(H2,15,16). The van der Waals surface area contributed by atoms with Crippen molar-refractivity contribution in [2.24, 2.45) is 5.41 Å². The van der Waals surface area contributed by atoms with Crippen molar-refractivity contribution in [3.63, 3.8) is 0 Å². The highest BCUT2D eigenvalue weighted by Crippen LogP contribution is 2.39. The van der Waals surface area contributed by atoms with Crippen LogP contribution in [-0.4, -0.2) is 30.8 Å². The summed E-state index contributed by atoms with van der Waals surface area (Å²) < 4.78 is 27.6. The second kappa shape index (κ2) is 5.61. The average molecular weight is 362 g/mol. The third-order valence-corrected chi connectivity index (χ3v) is 6.68. The number of rotatable bonds is 4. The smallest absolute Gasteiger partial charge is 0.246 e. The molecule has 2 heterocycles. The number of halogens is 1. The van der Waals surface area contributed by atoms with Gasteiger partial charge >= 0.3 is 0 Å². The number of aromatic nitrogens is 1. The molecule has 1 aliphatic heterocycles. The minimum Gasteiger partial charge on any atom is -0.383 e. The van der Waals surface area contributed by atoms with Crippen LogP contribution in [-0.2, 0) is 10.0 Å². The van der Waals surface area contributed by atoms with Crippen molar-refractivity contribution >= 4 is 31.8 Å². The normalized spacial score (nSPS) is 19.4. The van der Waals surface area contributed by atoms with Gasteiger partial charge in [0.2, 0.25) is 10.0 Å². The van der Waals surface area contributed by atoms with Crippen LogP contribution in [0.5, 0.6) is 0 Å². The van der Waals surface area contributed by atoms with Gasteiger partial charge < -0.3 is 5.73 Å². The molecule has 0 aromatic carbocycles. The zero-order valence-electron chi connectivity index (χ0n) is 11.8. The highest BCUT2D eigenvalue weighted by molar-refractivity contribution is 9.10. The number of nitrogens with two attached hydrogens (primary N) is 1. The van der Waals surface area contributed by atoms with Crippen LogP contribution in [0.3, 0.4) is 0 Å². The van der Waals surface area contributed by atoms with Crippen LogP contribution >= 0.6 is 15.9 Å². The molecule has 0 radical (unpaired) electrons. The Hall–Kier alpha value is -0.660. The summed E-state index contributed by atoms with van der Waals surface area (Å²) >= 11 is 3.25. The van der Waals surface area contributed by atoms with E-state index in [4.69, 9.17) is 5.73 Å². The zero-order valence-corrected chi connectivity index (χ0v) is 14.2. The van der Waals surface area contributed by atoms with Gasteiger partial charge in [-0.3, -0.25) is 0 Å². The molecular weight excluding hydrogens is 342 g/mol. The summed E-state index contributed by atoms with van der Waals surface area (Å²) in [5.41, 5.74) is 5.84. The Bertz CT molecular complexity index is 600. The molecule has 0 unspecified atom stereocenters. The van der Waals surface area contributed by atoms with Gasteiger partial charge in [-0.25, -0.2) is 13.4 Å². The minimum atomic E-state index is -3.57. The van der Waals surface area contributed by atoms with Crippen molar-refractivity contribution in [1.29, 1.82) is 0 Å². The molecule has 5 nitrogen and oxygen atoms in total. The number of sulfonamides is 1. The average Bonchev–Trinajstić information content (AvgIpc) is 2.87. The van der Waals surface area contributed by atoms with E-state index in [9.17, 15) is 8.42 Å². The third-order valence-electron chi connectivity index (χ3n) is 4.37. The summed E-state index contributed by atoms with van der Waals surface area (Å²) in [6, 6.07) is 1.52. The van der Waals surface area contributed by atoms with E-state index >= 15 is 0 Å². The van der Waals surface area contributed by atoms with Crippen molar-refractivity contribution in [3.8, 4) is 0 Å². The van der Waals surface area contributed by atoms with E-state index in [-0.39, 0.29) is 16.1 Å². The number of anilines is 1. The molecule has 1 aliphatic rings. The Morgan fingerprint density at radius 2 is 2.10 bits per heavy atom. The molecule has 2 N–H and O–H groups in total. The van der Waals surface area contributed by atoms with E-state index < -0.39 is 10.0 Å². The molecule has 1 aromatic heterocycles. The molecule has 1 aromatic rings. The molecule has 0 atom stereocenters. The molecule has 7 heteroatoms. The van der Waals surface area contributed by atoms with Gasteiger partial charge in [-0.15, -0.1) is 0 Å². The molecule has 0 bridgehead atoms. The summed E-state index contributed by atoms with van der Waals surface area (Å²) in [4.78, 5) is 4.01. The molecule has 2 rings (SSSR count). The fraction of sp³-hybridized carbons (Fsp3) is 0.615. The second-order valence-corrected chi connectivity index (χ2v) is 8.15. The summed E-state index contributed by atoms with van der Waals surface area (Å²) in [7, 11) is -3.57. The lowest BCUT2D eigenvalue weighted by atomic mass is 9.82. The Morgan fingerprint density at radius 3 is 2.65 bits per heavy atom. The largest absolute Gasteiger partial charge is 0.383 e. The first-order valence-electron chi connectivity index (χ1n) is 6.76. The van der Waals surface area contributed by atoms with E-state index in [0.29, 0.717) is 17.6 Å². The zero-order chi connectivity index (χ0) is 15.0. The van der Waals surface area contributed by atoms with Gasteiger partial charge in [0.05, 0.1) is 0 Å². The number of pyridine rings is 1. The fourth-order valence-electron chi connectivity index (χ4n) is 2.70. The van der Waals surface area contributed by atoms with Crippen molar-refractivity contribution in [2.75, 3.05) is 18.8 Å². The first-order valence-corrected chi connectivity index (χ1v) is 8.99. The maximum atomic E-state index is 12.7. The van der Waals surface area contributed by atoms with Crippen molar-refractivity contribution in [2.45, 2.75) is 38.0 Å². The molecule has 0 aliphatic carbocycles. The molecule has 0 saturated carbocycles. The van der Waals surface area contributed by atoms with Crippen molar-refractivity contribution in [3.05, 3.63) is 16.7 Å². The van der Waals surface area contributed by atoms with Crippen LogP contribution in [0.2, 0.25) is 0 Å². The molecule has 1 fully saturated rings. The summed E-state index contributed by atoms with van der Waals surface area (Å²) in [5.74, 6) is 0.0543. The maximum absolute atomic E-state index is 12.7. The fourth-order valence-corrected chi connectivity index (χ4v) is 4.83. The Morgan fingerprint density at radius 1 is 1.45 bits per heavy atom. The molecule has 112 valence electrons. The van der Waals surface area contributed by atoms with Crippen LogP contribution in [0.1, 0.15) is 33.1 Å². The topological polar surface area (TPSA) is 76.3 Å². The SMILES string of the molecule is CCC1(CC)CCN(S(=O)(=O)c2cc(Br)cnc2N)C1. The van der Waals surface area contributed by atoms with Gasteiger partial charge in [-0.2, -0.15) is 4.31 Å². The van der Waals surface area contributed by atoms with Crippen LogP contribution in [0, 0.1) is 5.41 Å². The molecule has 0 spiro atoms. The molecular formula is C13H20BrN3O2S. The highest BCUT2D eigenvalue weighted by Gasteiger charge is 2.41. The quantitative estimate of drug-likeness (QED) is 0.893. The number of nitrogens with zero attached hydrogens (tertiary/aromatic N) is 2. The summed E-state index contributed by atoms with van der Waals surface area (Å²) in [6.07, 6.45) is 4.38. The van der Waals surface area contributed by atoms with Gasteiger partial charge in [0.1, 0.15) is 10.7 Å². The minimum absolute atomic E-state index is 0.0543. The van der Waals surface area contributed by atoms with Gasteiger partial charge in [0.25, 0.3) is 0 Å². The lowest BCUT2D eigenvalue weighted by Gasteiger charge is -2.26. The first-order chi connectivity index (χ1) is 9.34. The lowest BCUT2D eigenvalue weighted by Crippen LogP contribution is -2.32. The number of hydrogen-bond donors (Lipinski definition) is 1. The van der Waals surface area contributed by atoms with E-state index in [0.717, 1.165) is 19.3 Å². The van der Waals surface area contributed by atoms with E-state index in [1.807, 2.05) is 0 Å². The molecule has 20 heavy (non-hydrogen) atoms. The van der Waals surface area contributed by atoms with Crippen LogP contribution < -0.4 is 5.73 Å². The second-order valence-electron chi connectivity index (χ2n) is 5.33. The molecule has 1 saturated heterocycles. The number of nitrogen functional groups attached to an aromatic ring is 1. The molecule has 0 amide bonds. The van der Waals surface area contributed by atoms with E-state index in [1.165, 1.54) is 12.3 Å². The Kier molecular flexibility index (Phi) is 4.41. The van der Waals surface area contributed by atoms with E-state index in [2.05, 4.69) is 34.8 Å². The van der Waals surface area contributed by atoms with Gasteiger partial charge in [-0.1, -0.05) is 13.8 Å². The monoisotopic (exact) mass is 361 g/mol. The van der Waals surface area contributed by atoms with Gasteiger partial charge in [0, 0.05) is 23.8 Å². The Balaban J connectivity index is 2.35. The number of hydrogen-bond acceptors (Lipinski definition) is 4. The van der Waals surface area contributed by atoms with Crippen molar-refractivity contribution in [1.82, 2.24) is 9.29 Å². The van der Waals surface area contributed by atoms with Gasteiger partial charge in [0.15, 0.2) is 0 Å². The van der Waals surface area contributed by atoms with Crippen LogP contribution in [0.15, 0.2) is 21.6 Å². The first kappa shape index (κ1) is 15.7. The van der Waals surface area contributed by atoms with Crippen LogP contribution in [0.25, 0.3) is 0 Å². The van der Waals surface area contributed by atoms with Crippen molar-refractivity contribution < 1.29 is 8.42 Å². The third kappa shape index (κ3) is 2.71. The highest BCUT2D eigenvalue weighted by atomic mass is 79.9. The van der Waals surface area contributed by atoms with Gasteiger partial charge in [-0.05, 0) is 46.7 Å². The summed E-state index contributed by atoms with van der Waals surface area (Å²) in [6.45, 7) is 5.35. The predicted octanol–water partition coefficient (Wildman–Crippen LogP) is 2.63. The van der Waals surface area contributed by atoms with Crippen LogP contribution in [0.4, 0.5) is 5.82 Å².